The largest absolute Gasteiger partial charge is 0.484 e. The third-order valence-electron chi connectivity index (χ3n) is 6.86. The summed E-state index contributed by atoms with van der Waals surface area (Å²) in [4.78, 5) is 26.2. The summed E-state index contributed by atoms with van der Waals surface area (Å²) in [6, 6.07) is 23.5. The molecule has 9 heteroatoms. The van der Waals surface area contributed by atoms with Crippen molar-refractivity contribution in [1.29, 1.82) is 0 Å². The normalized spacial score (nSPS) is 13.6. The number of piperazine rings is 1. The van der Waals surface area contributed by atoms with Crippen LogP contribution in [0.15, 0.2) is 91.4 Å². The number of rotatable bonds is 6. The first kappa shape index (κ1) is 24.9. The fraction of sp³-hybridized carbons (Fsp3) is 0.167. The SMILES string of the molecule is O=C(COc1ccc(F)cc1)N1CCN(c2ncnc3c2c(-c2ccccc2)cn3-c2ccc(Cl)cc2)CC1. The van der Waals surface area contributed by atoms with Crippen molar-refractivity contribution in [2.45, 2.75) is 0 Å². The van der Waals surface area contributed by atoms with Crippen molar-refractivity contribution in [3.05, 3.63) is 102 Å². The molecule has 0 saturated carbocycles. The van der Waals surface area contributed by atoms with Crippen molar-refractivity contribution in [2.75, 3.05) is 37.7 Å². The van der Waals surface area contributed by atoms with Gasteiger partial charge in [0.25, 0.3) is 5.91 Å². The van der Waals surface area contributed by atoms with Crippen molar-refractivity contribution < 1.29 is 13.9 Å². The molecular weight excluding hydrogens is 517 g/mol. The minimum Gasteiger partial charge on any atom is -0.484 e. The topological polar surface area (TPSA) is 63.5 Å². The van der Waals surface area contributed by atoms with E-state index in [4.69, 9.17) is 21.3 Å². The zero-order chi connectivity index (χ0) is 26.8. The van der Waals surface area contributed by atoms with Crippen LogP contribution in [-0.2, 0) is 4.79 Å². The first-order chi connectivity index (χ1) is 19.1. The lowest BCUT2D eigenvalue weighted by molar-refractivity contribution is -0.133. The molecule has 5 aromatic rings. The van der Waals surface area contributed by atoms with Crippen LogP contribution in [0.3, 0.4) is 0 Å². The average Bonchev–Trinajstić information content (AvgIpc) is 3.38. The van der Waals surface area contributed by atoms with E-state index >= 15 is 0 Å². The standard InChI is InChI=1S/C30H25ClFN5O2/c31-22-6-10-24(11-7-22)37-18-26(21-4-2-1-3-5-21)28-29(33-20-34-30(28)37)36-16-14-35(15-17-36)27(38)19-39-25-12-8-23(32)9-13-25/h1-13,18,20H,14-17,19H2. The number of amides is 1. The second kappa shape index (κ2) is 10.7. The van der Waals surface area contributed by atoms with Gasteiger partial charge in [0, 0.05) is 48.6 Å². The fourth-order valence-electron chi connectivity index (χ4n) is 4.86. The molecule has 2 aromatic heterocycles. The van der Waals surface area contributed by atoms with Gasteiger partial charge in [-0.1, -0.05) is 41.9 Å². The van der Waals surface area contributed by atoms with Crippen LogP contribution in [0.2, 0.25) is 5.02 Å². The first-order valence-corrected chi connectivity index (χ1v) is 13.0. The Balaban J connectivity index is 1.26. The molecule has 39 heavy (non-hydrogen) atoms. The minimum absolute atomic E-state index is 0.0918. The van der Waals surface area contributed by atoms with E-state index in [0.717, 1.165) is 33.7 Å². The van der Waals surface area contributed by atoms with Crippen molar-refractivity contribution in [3.63, 3.8) is 0 Å². The molecule has 0 radical (unpaired) electrons. The Hall–Kier alpha value is -4.43. The van der Waals surface area contributed by atoms with Crippen molar-refractivity contribution in [3.8, 4) is 22.6 Å². The van der Waals surface area contributed by atoms with Gasteiger partial charge in [-0.05, 0) is 54.1 Å². The summed E-state index contributed by atoms with van der Waals surface area (Å²) in [5.74, 6) is 0.847. The molecule has 3 heterocycles. The second-order valence-electron chi connectivity index (χ2n) is 9.26. The zero-order valence-electron chi connectivity index (χ0n) is 21.0. The third-order valence-corrected chi connectivity index (χ3v) is 7.11. The Morgan fingerprint density at radius 2 is 1.62 bits per heavy atom. The van der Waals surface area contributed by atoms with Crippen LogP contribution in [0.4, 0.5) is 10.2 Å². The predicted molar refractivity (Wildman–Crippen MR) is 150 cm³/mol. The van der Waals surface area contributed by atoms with Gasteiger partial charge in [-0.2, -0.15) is 0 Å². The van der Waals surface area contributed by atoms with Gasteiger partial charge in [0.05, 0.1) is 5.39 Å². The molecule has 0 atom stereocenters. The number of nitrogens with zero attached hydrogens (tertiary/aromatic N) is 5. The van der Waals surface area contributed by atoms with E-state index in [1.165, 1.54) is 24.3 Å². The molecule has 1 aliphatic heterocycles. The number of ether oxygens (including phenoxy) is 1. The van der Waals surface area contributed by atoms with Crippen LogP contribution >= 0.6 is 11.6 Å². The van der Waals surface area contributed by atoms with Gasteiger partial charge >= 0.3 is 0 Å². The fourth-order valence-corrected chi connectivity index (χ4v) is 4.98. The molecule has 6 rings (SSSR count). The number of carbonyl (C=O) groups is 1. The van der Waals surface area contributed by atoms with Crippen LogP contribution in [0.25, 0.3) is 27.8 Å². The smallest absolute Gasteiger partial charge is 0.260 e. The summed E-state index contributed by atoms with van der Waals surface area (Å²) >= 11 is 6.14. The predicted octanol–water partition coefficient (Wildman–Crippen LogP) is 5.61. The lowest BCUT2D eigenvalue weighted by Crippen LogP contribution is -2.50. The van der Waals surface area contributed by atoms with Gasteiger partial charge in [-0.3, -0.25) is 4.79 Å². The van der Waals surface area contributed by atoms with Crippen molar-refractivity contribution >= 4 is 34.4 Å². The van der Waals surface area contributed by atoms with Gasteiger partial charge in [0.1, 0.15) is 23.7 Å². The molecule has 0 aliphatic carbocycles. The Morgan fingerprint density at radius 3 is 2.33 bits per heavy atom. The van der Waals surface area contributed by atoms with Crippen LogP contribution < -0.4 is 9.64 Å². The summed E-state index contributed by atoms with van der Waals surface area (Å²) in [7, 11) is 0. The van der Waals surface area contributed by atoms with Gasteiger partial charge in [0.15, 0.2) is 12.3 Å². The summed E-state index contributed by atoms with van der Waals surface area (Å²) in [6.07, 6.45) is 3.68. The maximum absolute atomic E-state index is 13.1. The maximum atomic E-state index is 13.1. The number of aromatic nitrogens is 3. The summed E-state index contributed by atoms with van der Waals surface area (Å²) in [5.41, 5.74) is 3.85. The summed E-state index contributed by atoms with van der Waals surface area (Å²) in [6.45, 7) is 2.22. The molecule has 7 nitrogen and oxygen atoms in total. The van der Waals surface area contributed by atoms with Crippen LogP contribution in [0.1, 0.15) is 0 Å². The number of hydrogen-bond acceptors (Lipinski definition) is 5. The van der Waals surface area contributed by atoms with Gasteiger partial charge < -0.3 is 19.1 Å². The van der Waals surface area contributed by atoms with E-state index in [9.17, 15) is 9.18 Å². The number of fused-ring (bicyclic) bond motifs is 1. The van der Waals surface area contributed by atoms with E-state index in [1.807, 2.05) is 42.5 Å². The molecule has 0 bridgehead atoms. The lowest BCUT2D eigenvalue weighted by atomic mass is 10.1. The third kappa shape index (κ3) is 5.15. The number of halogens is 2. The number of anilines is 1. The number of benzene rings is 3. The first-order valence-electron chi connectivity index (χ1n) is 12.7. The Kier molecular flexibility index (Phi) is 6.85. The highest BCUT2D eigenvalue weighted by atomic mass is 35.5. The Morgan fingerprint density at radius 1 is 0.897 bits per heavy atom. The minimum atomic E-state index is -0.345. The van der Waals surface area contributed by atoms with E-state index in [0.29, 0.717) is 37.0 Å². The Bertz CT molecular complexity index is 1600. The number of carbonyl (C=O) groups excluding carboxylic acids is 1. The summed E-state index contributed by atoms with van der Waals surface area (Å²) < 4.78 is 20.7. The molecule has 3 aromatic carbocycles. The quantitative estimate of drug-likeness (QED) is 0.280. The van der Waals surface area contributed by atoms with E-state index in [-0.39, 0.29) is 18.3 Å². The van der Waals surface area contributed by atoms with E-state index in [2.05, 4.69) is 32.8 Å². The highest BCUT2D eigenvalue weighted by Gasteiger charge is 2.26. The molecule has 196 valence electrons. The van der Waals surface area contributed by atoms with E-state index < -0.39 is 0 Å². The molecule has 0 N–H and O–H groups in total. The van der Waals surface area contributed by atoms with E-state index in [1.54, 1.807) is 11.2 Å². The molecule has 1 aliphatic rings. The molecule has 1 saturated heterocycles. The molecule has 0 spiro atoms. The monoisotopic (exact) mass is 541 g/mol. The second-order valence-corrected chi connectivity index (χ2v) is 9.70. The van der Waals surface area contributed by atoms with Crippen molar-refractivity contribution in [1.82, 2.24) is 19.4 Å². The highest BCUT2D eigenvalue weighted by Crippen LogP contribution is 2.37. The molecule has 1 amide bonds. The maximum Gasteiger partial charge on any atom is 0.260 e. The number of hydrogen-bond donors (Lipinski definition) is 0. The van der Waals surface area contributed by atoms with Crippen LogP contribution in [0.5, 0.6) is 5.75 Å². The van der Waals surface area contributed by atoms with Crippen molar-refractivity contribution in [2.24, 2.45) is 0 Å². The van der Waals surface area contributed by atoms with Gasteiger partial charge in [-0.15, -0.1) is 0 Å². The molecular formula is C30H25ClFN5O2. The van der Waals surface area contributed by atoms with Crippen LogP contribution in [0, 0.1) is 5.82 Å². The zero-order valence-corrected chi connectivity index (χ0v) is 21.8. The molecule has 0 unspecified atom stereocenters. The highest BCUT2D eigenvalue weighted by molar-refractivity contribution is 6.30. The Labute approximate surface area is 230 Å². The molecule has 1 fully saturated rings. The van der Waals surface area contributed by atoms with Gasteiger partial charge in [0.2, 0.25) is 0 Å². The van der Waals surface area contributed by atoms with Gasteiger partial charge in [-0.25, -0.2) is 14.4 Å². The average molecular weight is 542 g/mol. The lowest BCUT2D eigenvalue weighted by Gasteiger charge is -2.35. The summed E-state index contributed by atoms with van der Waals surface area (Å²) in [5, 5.41) is 1.63. The van der Waals surface area contributed by atoms with Crippen LogP contribution in [-0.4, -0.2) is 58.1 Å².